The molecule has 0 spiro atoms. The summed E-state index contributed by atoms with van der Waals surface area (Å²) in [6.07, 6.45) is -0.00151. The zero-order chi connectivity index (χ0) is 19.8. The second-order valence-electron chi connectivity index (χ2n) is 6.34. The first kappa shape index (κ1) is 21.4. The van der Waals surface area contributed by atoms with Crippen LogP contribution in [-0.4, -0.2) is 62.3 Å². The van der Waals surface area contributed by atoms with Crippen molar-refractivity contribution in [2.24, 2.45) is 0 Å². The molecule has 9 heteroatoms. The average molecular weight is 401 g/mol. The third-order valence-electron chi connectivity index (χ3n) is 4.29. The summed E-state index contributed by atoms with van der Waals surface area (Å²) < 4.78 is 20.0. The number of hydrogen-bond acceptors (Lipinski definition) is 4. The van der Waals surface area contributed by atoms with Gasteiger partial charge in [0, 0.05) is 36.8 Å². The van der Waals surface area contributed by atoms with E-state index in [0.717, 1.165) is 0 Å². The zero-order valence-corrected chi connectivity index (χ0v) is 16.3. The fourth-order valence-electron chi connectivity index (χ4n) is 3.04. The third-order valence-corrected chi connectivity index (χ3v) is 4.62. The maximum Gasteiger partial charge on any atom is 0.315 e. The molecule has 150 valence electrons. The SMILES string of the molecule is CCNC(=O)CNC(=O)NCC(c1c(F)cccc1Cl)N1CCOC(C)C1. The molecule has 1 fully saturated rings. The number of benzene rings is 1. The van der Waals surface area contributed by atoms with Gasteiger partial charge in [0.2, 0.25) is 5.91 Å². The minimum atomic E-state index is -0.500. The zero-order valence-electron chi connectivity index (χ0n) is 15.6. The van der Waals surface area contributed by atoms with Crippen molar-refractivity contribution in [1.82, 2.24) is 20.9 Å². The van der Waals surface area contributed by atoms with E-state index in [-0.39, 0.29) is 25.1 Å². The van der Waals surface area contributed by atoms with Crippen LogP contribution in [0.25, 0.3) is 0 Å². The molecule has 2 atom stereocenters. The minimum Gasteiger partial charge on any atom is -0.376 e. The lowest BCUT2D eigenvalue weighted by molar-refractivity contribution is -0.119. The molecule has 0 aromatic heterocycles. The summed E-state index contributed by atoms with van der Waals surface area (Å²) in [6, 6.07) is 3.59. The number of nitrogens with one attached hydrogen (secondary N) is 3. The van der Waals surface area contributed by atoms with Crippen molar-refractivity contribution in [3.63, 3.8) is 0 Å². The quantitative estimate of drug-likeness (QED) is 0.650. The normalized spacial score (nSPS) is 18.6. The van der Waals surface area contributed by atoms with E-state index in [9.17, 15) is 14.0 Å². The molecule has 0 aliphatic carbocycles. The van der Waals surface area contributed by atoms with Crippen LogP contribution in [0.3, 0.4) is 0 Å². The van der Waals surface area contributed by atoms with Crippen molar-refractivity contribution < 1.29 is 18.7 Å². The molecule has 0 radical (unpaired) electrons. The second kappa shape index (κ2) is 10.4. The monoisotopic (exact) mass is 400 g/mol. The predicted molar refractivity (Wildman–Crippen MR) is 101 cm³/mol. The summed E-state index contributed by atoms with van der Waals surface area (Å²) in [5.74, 6) is -0.695. The molecule has 1 saturated heterocycles. The summed E-state index contributed by atoms with van der Waals surface area (Å²) in [4.78, 5) is 25.5. The van der Waals surface area contributed by atoms with Crippen LogP contribution in [-0.2, 0) is 9.53 Å². The van der Waals surface area contributed by atoms with Crippen LogP contribution in [0, 0.1) is 5.82 Å². The fraction of sp³-hybridized carbons (Fsp3) is 0.556. The van der Waals surface area contributed by atoms with Crippen LogP contribution in [0.5, 0.6) is 0 Å². The first-order chi connectivity index (χ1) is 12.9. The molecule has 2 rings (SSSR count). The van der Waals surface area contributed by atoms with Gasteiger partial charge < -0.3 is 20.7 Å². The molecule has 3 N–H and O–H groups in total. The highest BCUT2D eigenvalue weighted by Gasteiger charge is 2.29. The topological polar surface area (TPSA) is 82.7 Å². The van der Waals surface area contributed by atoms with E-state index in [1.54, 1.807) is 19.1 Å². The maximum atomic E-state index is 14.5. The molecular weight excluding hydrogens is 375 g/mol. The smallest absolute Gasteiger partial charge is 0.315 e. The van der Waals surface area contributed by atoms with E-state index in [0.29, 0.717) is 36.8 Å². The Morgan fingerprint density at radius 2 is 2.15 bits per heavy atom. The Balaban J connectivity index is 2.07. The van der Waals surface area contributed by atoms with Crippen molar-refractivity contribution in [2.75, 3.05) is 39.3 Å². The molecule has 0 bridgehead atoms. The number of nitrogens with zero attached hydrogens (tertiary/aromatic N) is 1. The molecule has 1 heterocycles. The molecule has 1 aliphatic heterocycles. The first-order valence-corrected chi connectivity index (χ1v) is 9.38. The number of amides is 3. The van der Waals surface area contributed by atoms with E-state index in [2.05, 4.69) is 16.0 Å². The van der Waals surface area contributed by atoms with Crippen LogP contribution < -0.4 is 16.0 Å². The number of urea groups is 1. The lowest BCUT2D eigenvalue weighted by Crippen LogP contribution is -2.49. The lowest BCUT2D eigenvalue weighted by Gasteiger charge is -2.38. The first-order valence-electron chi connectivity index (χ1n) is 9.00. The number of carbonyl (C=O) groups excluding carboxylic acids is 2. The molecule has 27 heavy (non-hydrogen) atoms. The molecule has 0 saturated carbocycles. The highest BCUT2D eigenvalue weighted by atomic mass is 35.5. The van der Waals surface area contributed by atoms with E-state index in [1.807, 2.05) is 11.8 Å². The van der Waals surface area contributed by atoms with Gasteiger partial charge in [-0.2, -0.15) is 0 Å². The largest absolute Gasteiger partial charge is 0.376 e. The van der Waals surface area contributed by atoms with Gasteiger partial charge in [0.1, 0.15) is 5.82 Å². The van der Waals surface area contributed by atoms with Gasteiger partial charge in [-0.3, -0.25) is 9.69 Å². The number of morpholine rings is 1. The van der Waals surface area contributed by atoms with E-state index in [1.165, 1.54) is 6.07 Å². The van der Waals surface area contributed by atoms with Crippen LogP contribution in [0.1, 0.15) is 25.5 Å². The van der Waals surface area contributed by atoms with E-state index >= 15 is 0 Å². The minimum absolute atomic E-state index is 0.00151. The summed E-state index contributed by atoms with van der Waals surface area (Å²) in [5.41, 5.74) is 0.345. The Bertz CT molecular complexity index is 641. The van der Waals surface area contributed by atoms with Gasteiger partial charge in [0.25, 0.3) is 0 Å². The van der Waals surface area contributed by atoms with Gasteiger partial charge in [-0.15, -0.1) is 0 Å². The molecule has 1 aliphatic rings. The van der Waals surface area contributed by atoms with E-state index in [4.69, 9.17) is 16.3 Å². The van der Waals surface area contributed by atoms with Gasteiger partial charge in [-0.05, 0) is 26.0 Å². The highest BCUT2D eigenvalue weighted by Crippen LogP contribution is 2.30. The Morgan fingerprint density at radius 1 is 1.37 bits per heavy atom. The molecule has 7 nitrogen and oxygen atoms in total. The predicted octanol–water partition coefficient (Wildman–Crippen LogP) is 1.68. The Kier molecular flexibility index (Phi) is 8.27. The van der Waals surface area contributed by atoms with Crippen LogP contribution in [0.4, 0.5) is 9.18 Å². The third kappa shape index (κ3) is 6.34. The number of hydrogen-bond donors (Lipinski definition) is 3. The number of ether oxygens (including phenoxy) is 1. The van der Waals surface area contributed by atoms with Crippen molar-refractivity contribution in [1.29, 1.82) is 0 Å². The van der Waals surface area contributed by atoms with Gasteiger partial charge in [-0.1, -0.05) is 17.7 Å². The van der Waals surface area contributed by atoms with Gasteiger partial charge in [0.05, 0.1) is 25.3 Å². The van der Waals surface area contributed by atoms with Crippen molar-refractivity contribution in [2.45, 2.75) is 26.0 Å². The molecular formula is C18H26ClFN4O3. The Labute approximate surface area is 163 Å². The van der Waals surface area contributed by atoms with Crippen LogP contribution in [0.15, 0.2) is 18.2 Å². The lowest BCUT2D eigenvalue weighted by atomic mass is 10.0. The van der Waals surface area contributed by atoms with E-state index < -0.39 is 17.9 Å². The standard InChI is InChI=1S/C18H26ClFN4O3/c1-3-21-16(25)10-23-18(26)22-9-15(24-7-8-27-12(2)11-24)17-13(19)5-4-6-14(17)20/h4-6,12,15H,3,7-11H2,1-2H3,(H,21,25)(H2,22,23,26). The highest BCUT2D eigenvalue weighted by molar-refractivity contribution is 6.31. The van der Waals surface area contributed by atoms with Gasteiger partial charge in [-0.25, -0.2) is 9.18 Å². The maximum absolute atomic E-state index is 14.5. The Hall–Kier alpha value is -1.90. The summed E-state index contributed by atoms with van der Waals surface area (Å²) in [5, 5.41) is 8.09. The summed E-state index contributed by atoms with van der Waals surface area (Å²) in [6.45, 7) is 5.97. The summed E-state index contributed by atoms with van der Waals surface area (Å²) in [7, 11) is 0. The number of halogens is 2. The summed E-state index contributed by atoms with van der Waals surface area (Å²) >= 11 is 6.25. The molecule has 2 unspecified atom stereocenters. The van der Waals surface area contributed by atoms with Gasteiger partial charge >= 0.3 is 6.03 Å². The fourth-order valence-corrected chi connectivity index (χ4v) is 3.33. The van der Waals surface area contributed by atoms with Crippen molar-refractivity contribution in [3.8, 4) is 0 Å². The van der Waals surface area contributed by atoms with Crippen LogP contribution >= 0.6 is 11.6 Å². The van der Waals surface area contributed by atoms with Gasteiger partial charge in [0.15, 0.2) is 0 Å². The second-order valence-corrected chi connectivity index (χ2v) is 6.75. The number of carbonyl (C=O) groups is 2. The number of likely N-dealkylation sites (N-methyl/N-ethyl adjacent to an activating group) is 1. The average Bonchev–Trinajstić information content (AvgIpc) is 2.62. The van der Waals surface area contributed by atoms with Crippen LogP contribution in [0.2, 0.25) is 5.02 Å². The molecule has 1 aromatic carbocycles. The molecule has 1 aromatic rings. The number of rotatable bonds is 7. The van der Waals surface area contributed by atoms with Crippen molar-refractivity contribution in [3.05, 3.63) is 34.6 Å². The van der Waals surface area contributed by atoms with Crippen molar-refractivity contribution >= 4 is 23.5 Å². The molecule has 3 amide bonds. The Morgan fingerprint density at radius 3 is 2.81 bits per heavy atom.